The van der Waals surface area contributed by atoms with Gasteiger partial charge in [0.1, 0.15) is 24.2 Å². The number of nitriles is 1. The first-order valence-electron chi connectivity index (χ1n) is 7.05. The van der Waals surface area contributed by atoms with Gasteiger partial charge in [-0.1, -0.05) is 32.0 Å². The summed E-state index contributed by atoms with van der Waals surface area (Å²) in [6.07, 6.45) is 1.10. The van der Waals surface area contributed by atoms with E-state index in [1.165, 1.54) is 17.7 Å². The number of halogens is 1. The molecule has 2 nitrogen and oxygen atoms in total. The summed E-state index contributed by atoms with van der Waals surface area (Å²) < 4.78 is 18.9. The minimum Gasteiger partial charge on any atom is -0.489 e. The average molecular weight is 283 g/mol. The Kier molecular flexibility index (Phi) is 4.94. The van der Waals surface area contributed by atoms with Crippen LogP contribution >= 0.6 is 0 Å². The second-order valence-electron chi connectivity index (χ2n) is 5.09. The van der Waals surface area contributed by atoms with E-state index in [-0.39, 0.29) is 5.56 Å². The first kappa shape index (κ1) is 15.1. The van der Waals surface area contributed by atoms with Crippen LogP contribution in [0.2, 0.25) is 0 Å². The van der Waals surface area contributed by atoms with Gasteiger partial charge in [0.15, 0.2) is 0 Å². The SMILES string of the molecule is CCC(C)c1ccc(OCc2ccc(F)c(C#N)c2)cc1. The number of ether oxygens (including phenoxy) is 1. The molecule has 0 heterocycles. The highest BCUT2D eigenvalue weighted by Crippen LogP contribution is 2.22. The van der Waals surface area contributed by atoms with Crippen LogP contribution in [0.1, 0.15) is 42.9 Å². The molecule has 0 aliphatic heterocycles. The summed E-state index contributed by atoms with van der Waals surface area (Å²) in [6, 6.07) is 14.3. The van der Waals surface area contributed by atoms with Gasteiger partial charge in [-0.15, -0.1) is 0 Å². The molecule has 2 aromatic rings. The maximum absolute atomic E-state index is 13.2. The van der Waals surface area contributed by atoms with Crippen molar-refractivity contribution in [2.24, 2.45) is 0 Å². The monoisotopic (exact) mass is 283 g/mol. The molecule has 108 valence electrons. The fraction of sp³-hybridized carbons (Fsp3) is 0.278. The molecule has 1 unspecified atom stereocenters. The molecule has 0 amide bonds. The van der Waals surface area contributed by atoms with E-state index in [1.54, 1.807) is 6.07 Å². The van der Waals surface area contributed by atoms with Crippen LogP contribution in [-0.2, 0) is 6.61 Å². The number of hydrogen-bond donors (Lipinski definition) is 0. The Bertz CT molecular complexity index is 643. The molecule has 0 fully saturated rings. The molecule has 0 aliphatic carbocycles. The third-order valence-corrected chi connectivity index (χ3v) is 3.62. The molecule has 0 spiro atoms. The highest BCUT2D eigenvalue weighted by Gasteiger charge is 2.05. The topological polar surface area (TPSA) is 33.0 Å². The third kappa shape index (κ3) is 3.82. The van der Waals surface area contributed by atoms with Crippen LogP contribution in [-0.4, -0.2) is 0 Å². The first-order valence-corrected chi connectivity index (χ1v) is 7.05. The molecule has 21 heavy (non-hydrogen) atoms. The largest absolute Gasteiger partial charge is 0.489 e. The summed E-state index contributed by atoms with van der Waals surface area (Å²) in [5.74, 6) is 0.804. The van der Waals surface area contributed by atoms with Crippen molar-refractivity contribution in [1.29, 1.82) is 5.26 Å². The fourth-order valence-electron chi connectivity index (χ4n) is 2.04. The second kappa shape index (κ2) is 6.90. The van der Waals surface area contributed by atoms with Crippen molar-refractivity contribution in [2.45, 2.75) is 32.8 Å². The van der Waals surface area contributed by atoms with Crippen LogP contribution in [0, 0.1) is 17.1 Å². The Morgan fingerprint density at radius 1 is 1.19 bits per heavy atom. The quantitative estimate of drug-likeness (QED) is 0.790. The zero-order chi connectivity index (χ0) is 15.2. The lowest BCUT2D eigenvalue weighted by atomic mass is 9.99. The highest BCUT2D eigenvalue weighted by molar-refractivity contribution is 5.35. The average Bonchev–Trinajstić information content (AvgIpc) is 2.53. The third-order valence-electron chi connectivity index (χ3n) is 3.62. The Hall–Kier alpha value is -2.34. The summed E-state index contributed by atoms with van der Waals surface area (Å²) in [6.45, 7) is 4.67. The van der Waals surface area contributed by atoms with Crippen LogP contribution < -0.4 is 4.74 Å². The maximum Gasteiger partial charge on any atom is 0.140 e. The fourth-order valence-corrected chi connectivity index (χ4v) is 2.04. The summed E-state index contributed by atoms with van der Waals surface area (Å²) >= 11 is 0. The van der Waals surface area contributed by atoms with Crippen molar-refractivity contribution in [2.75, 3.05) is 0 Å². The molecule has 0 saturated carbocycles. The second-order valence-corrected chi connectivity index (χ2v) is 5.09. The number of hydrogen-bond acceptors (Lipinski definition) is 2. The summed E-state index contributed by atoms with van der Waals surface area (Å²) in [7, 11) is 0. The molecule has 2 aromatic carbocycles. The summed E-state index contributed by atoms with van der Waals surface area (Å²) in [5.41, 5.74) is 2.11. The van der Waals surface area contributed by atoms with Crippen LogP contribution in [0.15, 0.2) is 42.5 Å². The van der Waals surface area contributed by atoms with Gasteiger partial charge in [0.25, 0.3) is 0 Å². The van der Waals surface area contributed by atoms with Gasteiger partial charge < -0.3 is 4.74 Å². The molecule has 0 N–H and O–H groups in total. The van der Waals surface area contributed by atoms with E-state index in [1.807, 2.05) is 18.2 Å². The van der Waals surface area contributed by atoms with E-state index in [4.69, 9.17) is 10.00 Å². The molecule has 0 saturated heterocycles. The molecule has 0 bridgehead atoms. The number of benzene rings is 2. The Labute approximate surface area is 124 Å². The standard InChI is InChI=1S/C18H18FNO/c1-3-13(2)15-5-7-17(8-6-15)21-12-14-4-9-18(19)16(10-14)11-20/h4-10,13H,3,12H2,1-2H3. The molecule has 2 rings (SSSR count). The lowest BCUT2D eigenvalue weighted by Gasteiger charge is -2.11. The van der Waals surface area contributed by atoms with Crippen molar-refractivity contribution in [3.8, 4) is 11.8 Å². The van der Waals surface area contributed by atoms with Gasteiger partial charge in [0, 0.05) is 0 Å². The lowest BCUT2D eigenvalue weighted by molar-refractivity contribution is 0.306. The maximum atomic E-state index is 13.2. The van der Waals surface area contributed by atoms with Gasteiger partial charge in [0.05, 0.1) is 5.56 Å². The molecular weight excluding hydrogens is 265 g/mol. The molecule has 3 heteroatoms. The Morgan fingerprint density at radius 2 is 1.90 bits per heavy atom. The van der Waals surface area contributed by atoms with Crippen LogP contribution in [0.4, 0.5) is 4.39 Å². The zero-order valence-corrected chi connectivity index (χ0v) is 12.3. The van der Waals surface area contributed by atoms with Gasteiger partial charge in [-0.25, -0.2) is 4.39 Å². The number of nitrogens with zero attached hydrogens (tertiary/aromatic N) is 1. The lowest BCUT2D eigenvalue weighted by Crippen LogP contribution is -1.98. The highest BCUT2D eigenvalue weighted by atomic mass is 19.1. The van der Waals surface area contributed by atoms with Gasteiger partial charge in [-0.2, -0.15) is 5.26 Å². The van der Waals surface area contributed by atoms with E-state index in [9.17, 15) is 4.39 Å². The zero-order valence-electron chi connectivity index (χ0n) is 12.3. The Balaban J connectivity index is 2.02. The van der Waals surface area contributed by atoms with E-state index < -0.39 is 5.82 Å². The van der Waals surface area contributed by atoms with Crippen molar-refractivity contribution in [3.63, 3.8) is 0 Å². The molecule has 0 aliphatic rings. The van der Waals surface area contributed by atoms with E-state index in [0.29, 0.717) is 12.5 Å². The van der Waals surface area contributed by atoms with E-state index in [2.05, 4.69) is 26.0 Å². The van der Waals surface area contributed by atoms with Crippen LogP contribution in [0.25, 0.3) is 0 Å². The van der Waals surface area contributed by atoms with E-state index in [0.717, 1.165) is 17.7 Å². The van der Waals surface area contributed by atoms with Gasteiger partial charge in [-0.05, 0) is 47.7 Å². The predicted molar refractivity (Wildman–Crippen MR) is 80.6 cm³/mol. The van der Waals surface area contributed by atoms with Gasteiger partial charge in [-0.3, -0.25) is 0 Å². The first-order chi connectivity index (χ1) is 10.1. The van der Waals surface area contributed by atoms with Crippen molar-refractivity contribution in [1.82, 2.24) is 0 Å². The van der Waals surface area contributed by atoms with Gasteiger partial charge >= 0.3 is 0 Å². The Morgan fingerprint density at radius 3 is 2.52 bits per heavy atom. The minimum absolute atomic E-state index is 0.0446. The summed E-state index contributed by atoms with van der Waals surface area (Å²) in [5, 5.41) is 8.80. The minimum atomic E-state index is -0.501. The van der Waals surface area contributed by atoms with Crippen molar-refractivity contribution in [3.05, 3.63) is 65.0 Å². The predicted octanol–water partition coefficient (Wildman–Crippen LogP) is 4.79. The smallest absolute Gasteiger partial charge is 0.140 e. The normalized spacial score (nSPS) is 11.7. The van der Waals surface area contributed by atoms with Crippen molar-refractivity contribution >= 4 is 0 Å². The van der Waals surface area contributed by atoms with Crippen molar-refractivity contribution < 1.29 is 9.13 Å². The van der Waals surface area contributed by atoms with E-state index >= 15 is 0 Å². The number of rotatable bonds is 5. The molecular formula is C18H18FNO. The summed E-state index contributed by atoms with van der Waals surface area (Å²) in [4.78, 5) is 0. The molecule has 1 atom stereocenters. The molecule has 0 aromatic heterocycles. The van der Waals surface area contributed by atoms with Gasteiger partial charge in [0.2, 0.25) is 0 Å². The van der Waals surface area contributed by atoms with Crippen LogP contribution in [0.3, 0.4) is 0 Å². The molecule has 0 radical (unpaired) electrons. The van der Waals surface area contributed by atoms with Crippen LogP contribution in [0.5, 0.6) is 5.75 Å².